The van der Waals surface area contributed by atoms with Crippen LogP contribution in [0.3, 0.4) is 0 Å². The standard InChI is InChI=1S/C24H25N5O2/c1-31-15-19-3-2-10-29(19)14-16-4-5-21-18(11-16)12-23(26-21)20-13-22(27-28-24(20)30)17-6-8-25-9-7-17/h4-9,11-13,19,26H,2-3,10,14-15H2,1H3,(H,28,30). The van der Waals surface area contributed by atoms with Gasteiger partial charge < -0.3 is 9.72 Å². The fourth-order valence-electron chi connectivity index (χ4n) is 4.42. The molecule has 1 atom stereocenters. The number of likely N-dealkylation sites (tertiary alicyclic amines) is 1. The Morgan fingerprint density at radius 1 is 1.16 bits per heavy atom. The van der Waals surface area contributed by atoms with Crippen molar-refractivity contribution in [2.75, 3.05) is 20.3 Å². The van der Waals surface area contributed by atoms with E-state index in [2.05, 4.69) is 43.3 Å². The zero-order chi connectivity index (χ0) is 21.2. The van der Waals surface area contributed by atoms with Gasteiger partial charge in [-0.1, -0.05) is 6.07 Å². The number of aromatic nitrogens is 4. The monoisotopic (exact) mass is 415 g/mol. The Balaban J connectivity index is 1.45. The van der Waals surface area contributed by atoms with Crippen molar-refractivity contribution in [1.29, 1.82) is 0 Å². The van der Waals surface area contributed by atoms with Crippen molar-refractivity contribution in [2.24, 2.45) is 0 Å². The molecule has 1 aliphatic heterocycles. The van der Waals surface area contributed by atoms with Gasteiger partial charge in [0.15, 0.2) is 0 Å². The van der Waals surface area contributed by atoms with E-state index in [1.54, 1.807) is 19.5 Å². The number of pyridine rings is 1. The number of hydrogen-bond acceptors (Lipinski definition) is 5. The number of rotatable bonds is 6. The Kier molecular flexibility index (Phi) is 5.36. The normalized spacial score (nSPS) is 16.9. The Hall–Kier alpha value is -3.29. The number of methoxy groups -OCH3 is 1. The summed E-state index contributed by atoms with van der Waals surface area (Å²) in [6.07, 6.45) is 5.83. The van der Waals surface area contributed by atoms with Crippen LogP contribution >= 0.6 is 0 Å². The molecule has 1 fully saturated rings. The molecule has 5 rings (SSSR count). The van der Waals surface area contributed by atoms with Crippen LogP contribution in [0.2, 0.25) is 0 Å². The molecule has 1 unspecified atom stereocenters. The fraction of sp³-hybridized carbons (Fsp3) is 0.292. The van der Waals surface area contributed by atoms with Gasteiger partial charge in [-0.05, 0) is 61.3 Å². The Labute approximate surface area is 180 Å². The van der Waals surface area contributed by atoms with Crippen LogP contribution in [0.5, 0.6) is 0 Å². The second-order valence-electron chi connectivity index (χ2n) is 8.06. The van der Waals surface area contributed by atoms with Crippen LogP contribution in [-0.2, 0) is 11.3 Å². The van der Waals surface area contributed by atoms with Crippen molar-refractivity contribution in [3.8, 4) is 22.5 Å². The molecule has 0 bridgehead atoms. The molecule has 0 saturated carbocycles. The van der Waals surface area contributed by atoms with E-state index in [1.165, 1.54) is 18.4 Å². The number of ether oxygens (including phenoxy) is 1. The van der Waals surface area contributed by atoms with Crippen molar-refractivity contribution in [1.82, 2.24) is 25.1 Å². The number of hydrogen-bond donors (Lipinski definition) is 2. The minimum Gasteiger partial charge on any atom is -0.383 e. The second kappa shape index (κ2) is 8.45. The number of benzene rings is 1. The molecule has 7 heteroatoms. The van der Waals surface area contributed by atoms with Crippen LogP contribution < -0.4 is 5.56 Å². The van der Waals surface area contributed by atoms with E-state index in [0.29, 0.717) is 17.3 Å². The summed E-state index contributed by atoms with van der Waals surface area (Å²) < 4.78 is 5.38. The Bertz CT molecular complexity index is 1250. The summed E-state index contributed by atoms with van der Waals surface area (Å²) in [6, 6.07) is 14.5. The van der Waals surface area contributed by atoms with Gasteiger partial charge in [-0.3, -0.25) is 14.7 Å². The lowest BCUT2D eigenvalue weighted by atomic mass is 10.1. The maximum atomic E-state index is 12.5. The largest absolute Gasteiger partial charge is 0.383 e. The summed E-state index contributed by atoms with van der Waals surface area (Å²) in [4.78, 5) is 22.4. The molecule has 0 amide bonds. The summed E-state index contributed by atoms with van der Waals surface area (Å²) in [5, 5.41) is 7.90. The molecule has 31 heavy (non-hydrogen) atoms. The highest BCUT2D eigenvalue weighted by Gasteiger charge is 2.24. The SMILES string of the molecule is COCC1CCCN1Cc1ccc2[nH]c(-c3cc(-c4ccncc4)n[nH]c3=O)cc2c1. The molecule has 4 aromatic rings. The maximum absolute atomic E-state index is 12.5. The van der Waals surface area contributed by atoms with Crippen molar-refractivity contribution in [3.63, 3.8) is 0 Å². The van der Waals surface area contributed by atoms with E-state index in [1.807, 2.05) is 24.3 Å². The molecule has 7 nitrogen and oxygen atoms in total. The average Bonchev–Trinajstić information content (AvgIpc) is 3.41. The van der Waals surface area contributed by atoms with Gasteiger partial charge in [0.25, 0.3) is 5.56 Å². The van der Waals surface area contributed by atoms with Crippen molar-refractivity contribution >= 4 is 10.9 Å². The summed E-state index contributed by atoms with van der Waals surface area (Å²) in [6.45, 7) is 2.79. The maximum Gasteiger partial charge on any atom is 0.273 e. The highest BCUT2D eigenvalue weighted by molar-refractivity contribution is 5.86. The minimum absolute atomic E-state index is 0.218. The first kappa shape index (κ1) is 19.7. The topological polar surface area (TPSA) is 86.9 Å². The first-order valence-corrected chi connectivity index (χ1v) is 10.6. The fourth-order valence-corrected chi connectivity index (χ4v) is 4.42. The molecule has 158 valence electrons. The van der Waals surface area contributed by atoms with Crippen LogP contribution in [0.25, 0.3) is 33.4 Å². The zero-order valence-corrected chi connectivity index (χ0v) is 17.5. The molecule has 0 radical (unpaired) electrons. The third kappa shape index (κ3) is 4.02. The first-order chi connectivity index (χ1) is 15.2. The van der Waals surface area contributed by atoms with E-state index >= 15 is 0 Å². The van der Waals surface area contributed by atoms with E-state index in [-0.39, 0.29) is 5.56 Å². The van der Waals surface area contributed by atoms with Gasteiger partial charge in [-0.2, -0.15) is 5.10 Å². The highest BCUT2D eigenvalue weighted by atomic mass is 16.5. The van der Waals surface area contributed by atoms with Gasteiger partial charge in [0.2, 0.25) is 0 Å². The molecule has 0 aliphatic carbocycles. The summed E-state index contributed by atoms with van der Waals surface area (Å²) in [7, 11) is 1.77. The van der Waals surface area contributed by atoms with E-state index in [0.717, 1.165) is 41.9 Å². The minimum atomic E-state index is -0.218. The molecule has 3 aromatic heterocycles. The molecule has 1 aliphatic rings. The third-order valence-electron chi connectivity index (χ3n) is 6.00. The number of H-pyrrole nitrogens is 2. The molecule has 4 heterocycles. The number of fused-ring (bicyclic) bond motifs is 1. The van der Waals surface area contributed by atoms with Gasteiger partial charge in [0, 0.05) is 48.6 Å². The number of nitrogens with one attached hydrogen (secondary N) is 2. The van der Waals surface area contributed by atoms with Crippen molar-refractivity contribution < 1.29 is 4.74 Å². The summed E-state index contributed by atoms with van der Waals surface area (Å²) >= 11 is 0. The summed E-state index contributed by atoms with van der Waals surface area (Å²) in [5.74, 6) is 0. The van der Waals surface area contributed by atoms with E-state index < -0.39 is 0 Å². The van der Waals surface area contributed by atoms with Crippen molar-refractivity contribution in [2.45, 2.75) is 25.4 Å². The predicted molar refractivity (Wildman–Crippen MR) is 121 cm³/mol. The van der Waals surface area contributed by atoms with Crippen LogP contribution in [0.15, 0.2) is 59.7 Å². The number of aromatic amines is 2. The van der Waals surface area contributed by atoms with Crippen LogP contribution in [0.1, 0.15) is 18.4 Å². The van der Waals surface area contributed by atoms with Crippen LogP contribution in [0.4, 0.5) is 0 Å². The lowest BCUT2D eigenvalue weighted by Gasteiger charge is -2.23. The number of nitrogens with zero attached hydrogens (tertiary/aromatic N) is 3. The molecule has 0 spiro atoms. The van der Waals surface area contributed by atoms with Gasteiger partial charge in [0.05, 0.1) is 23.6 Å². The second-order valence-corrected chi connectivity index (χ2v) is 8.06. The van der Waals surface area contributed by atoms with Crippen LogP contribution in [-0.4, -0.2) is 51.4 Å². The Morgan fingerprint density at radius 2 is 2.03 bits per heavy atom. The quantitative estimate of drug-likeness (QED) is 0.503. The van der Waals surface area contributed by atoms with E-state index in [9.17, 15) is 4.79 Å². The van der Waals surface area contributed by atoms with E-state index in [4.69, 9.17) is 4.74 Å². The molecular formula is C24H25N5O2. The molecule has 1 saturated heterocycles. The first-order valence-electron chi connectivity index (χ1n) is 10.6. The predicted octanol–water partition coefficient (Wildman–Crippen LogP) is 3.59. The zero-order valence-electron chi connectivity index (χ0n) is 17.5. The third-order valence-corrected chi connectivity index (χ3v) is 6.00. The molecule has 1 aromatic carbocycles. The molecule has 2 N–H and O–H groups in total. The van der Waals surface area contributed by atoms with Crippen molar-refractivity contribution in [3.05, 3.63) is 70.8 Å². The lowest BCUT2D eigenvalue weighted by molar-refractivity contribution is 0.112. The Morgan fingerprint density at radius 3 is 2.87 bits per heavy atom. The lowest BCUT2D eigenvalue weighted by Crippen LogP contribution is -2.32. The average molecular weight is 415 g/mol. The van der Waals surface area contributed by atoms with Gasteiger partial charge in [-0.25, -0.2) is 5.10 Å². The van der Waals surface area contributed by atoms with Gasteiger partial charge >= 0.3 is 0 Å². The smallest absolute Gasteiger partial charge is 0.273 e. The summed E-state index contributed by atoms with van der Waals surface area (Å²) in [5.41, 5.74) is 5.02. The van der Waals surface area contributed by atoms with Gasteiger partial charge in [-0.15, -0.1) is 0 Å². The molecular weight excluding hydrogens is 390 g/mol. The highest BCUT2D eigenvalue weighted by Crippen LogP contribution is 2.27. The van der Waals surface area contributed by atoms with Gasteiger partial charge in [0.1, 0.15) is 0 Å². The van der Waals surface area contributed by atoms with Crippen LogP contribution in [0, 0.1) is 0 Å².